The van der Waals surface area contributed by atoms with Crippen molar-refractivity contribution < 1.29 is 0 Å². The Kier molecular flexibility index (Phi) is 4.41. The summed E-state index contributed by atoms with van der Waals surface area (Å²) >= 11 is 0. The SMILES string of the molecule is CC(C)Cc1ccc(C(N)CN(C)C2CC2)cc1. The van der Waals surface area contributed by atoms with E-state index in [2.05, 4.69) is 50.1 Å². The molecule has 100 valence electrons. The molecule has 0 saturated heterocycles. The van der Waals surface area contributed by atoms with Crippen LogP contribution in [0.2, 0.25) is 0 Å². The number of nitrogens with zero attached hydrogens (tertiary/aromatic N) is 1. The molecule has 1 aliphatic carbocycles. The molecule has 0 radical (unpaired) electrons. The van der Waals surface area contributed by atoms with Crippen molar-refractivity contribution in [3.8, 4) is 0 Å². The Bertz CT molecular complexity index is 365. The van der Waals surface area contributed by atoms with Gasteiger partial charge in [0.15, 0.2) is 0 Å². The zero-order chi connectivity index (χ0) is 13.1. The number of benzene rings is 1. The summed E-state index contributed by atoms with van der Waals surface area (Å²) in [6.45, 7) is 5.47. The molecule has 1 unspecified atom stereocenters. The van der Waals surface area contributed by atoms with E-state index in [9.17, 15) is 0 Å². The van der Waals surface area contributed by atoms with Crippen molar-refractivity contribution in [1.29, 1.82) is 0 Å². The molecule has 2 N–H and O–H groups in total. The Balaban J connectivity index is 1.91. The number of likely N-dealkylation sites (N-methyl/N-ethyl adjacent to an activating group) is 1. The highest BCUT2D eigenvalue weighted by atomic mass is 15.2. The Morgan fingerprint density at radius 3 is 2.33 bits per heavy atom. The third-order valence-corrected chi connectivity index (χ3v) is 3.71. The van der Waals surface area contributed by atoms with E-state index < -0.39 is 0 Å². The summed E-state index contributed by atoms with van der Waals surface area (Å²) in [7, 11) is 2.19. The average Bonchev–Trinajstić information content (AvgIpc) is 3.12. The van der Waals surface area contributed by atoms with Gasteiger partial charge in [-0.15, -0.1) is 0 Å². The highest BCUT2D eigenvalue weighted by molar-refractivity contribution is 5.25. The van der Waals surface area contributed by atoms with Crippen LogP contribution in [0.4, 0.5) is 0 Å². The lowest BCUT2D eigenvalue weighted by molar-refractivity contribution is 0.303. The van der Waals surface area contributed by atoms with Crippen molar-refractivity contribution in [3.63, 3.8) is 0 Å². The lowest BCUT2D eigenvalue weighted by atomic mass is 9.99. The Morgan fingerprint density at radius 1 is 1.22 bits per heavy atom. The maximum Gasteiger partial charge on any atom is 0.0424 e. The van der Waals surface area contributed by atoms with Crippen molar-refractivity contribution in [3.05, 3.63) is 35.4 Å². The molecule has 2 heteroatoms. The van der Waals surface area contributed by atoms with Crippen molar-refractivity contribution >= 4 is 0 Å². The number of hydrogen-bond donors (Lipinski definition) is 1. The van der Waals surface area contributed by atoms with E-state index in [0.717, 1.165) is 19.0 Å². The van der Waals surface area contributed by atoms with Crippen LogP contribution in [-0.2, 0) is 6.42 Å². The molecule has 0 heterocycles. The van der Waals surface area contributed by atoms with Gasteiger partial charge in [-0.2, -0.15) is 0 Å². The van der Waals surface area contributed by atoms with Crippen molar-refractivity contribution in [1.82, 2.24) is 4.90 Å². The van der Waals surface area contributed by atoms with Crippen LogP contribution in [0.1, 0.15) is 43.9 Å². The predicted octanol–water partition coefficient (Wildman–Crippen LogP) is 2.98. The Labute approximate surface area is 111 Å². The van der Waals surface area contributed by atoms with E-state index in [1.165, 1.54) is 24.0 Å². The lowest BCUT2D eigenvalue weighted by Crippen LogP contribution is -2.30. The van der Waals surface area contributed by atoms with Gasteiger partial charge < -0.3 is 10.6 Å². The standard InChI is InChI=1S/C16H26N2/c1-12(2)10-13-4-6-14(7-5-13)16(17)11-18(3)15-8-9-15/h4-7,12,15-16H,8-11,17H2,1-3H3. The van der Waals surface area contributed by atoms with Crippen LogP contribution in [0.25, 0.3) is 0 Å². The molecular formula is C16H26N2. The predicted molar refractivity (Wildman–Crippen MR) is 77.6 cm³/mol. The fraction of sp³-hybridized carbons (Fsp3) is 0.625. The molecule has 18 heavy (non-hydrogen) atoms. The third kappa shape index (κ3) is 3.82. The molecule has 1 fully saturated rings. The molecular weight excluding hydrogens is 220 g/mol. The second-order valence-corrected chi connectivity index (χ2v) is 6.12. The van der Waals surface area contributed by atoms with E-state index in [0.29, 0.717) is 5.92 Å². The molecule has 1 aliphatic rings. The second-order valence-electron chi connectivity index (χ2n) is 6.12. The summed E-state index contributed by atoms with van der Waals surface area (Å²) < 4.78 is 0. The monoisotopic (exact) mass is 246 g/mol. The first-order valence-electron chi connectivity index (χ1n) is 7.11. The quantitative estimate of drug-likeness (QED) is 0.836. The average molecular weight is 246 g/mol. The van der Waals surface area contributed by atoms with Crippen LogP contribution in [0.5, 0.6) is 0 Å². The van der Waals surface area contributed by atoms with Crippen LogP contribution in [-0.4, -0.2) is 24.5 Å². The van der Waals surface area contributed by atoms with Gasteiger partial charge in [0.1, 0.15) is 0 Å². The van der Waals surface area contributed by atoms with Gasteiger partial charge in [-0.05, 0) is 43.4 Å². The van der Waals surface area contributed by atoms with Gasteiger partial charge in [-0.25, -0.2) is 0 Å². The van der Waals surface area contributed by atoms with Gasteiger partial charge >= 0.3 is 0 Å². The minimum absolute atomic E-state index is 0.142. The van der Waals surface area contributed by atoms with Gasteiger partial charge in [-0.1, -0.05) is 38.1 Å². The first-order valence-corrected chi connectivity index (χ1v) is 7.11. The first kappa shape index (κ1) is 13.6. The van der Waals surface area contributed by atoms with Gasteiger partial charge in [-0.3, -0.25) is 0 Å². The van der Waals surface area contributed by atoms with Crippen LogP contribution in [0.3, 0.4) is 0 Å². The molecule has 1 atom stereocenters. The van der Waals surface area contributed by atoms with Crippen molar-refractivity contribution in [2.75, 3.05) is 13.6 Å². The van der Waals surface area contributed by atoms with Gasteiger partial charge in [0, 0.05) is 18.6 Å². The fourth-order valence-corrected chi connectivity index (χ4v) is 2.45. The molecule has 0 amide bonds. The molecule has 0 spiro atoms. The van der Waals surface area contributed by atoms with E-state index in [4.69, 9.17) is 5.73 Å². The van der Waals surface area contributed by atoms with E-state index >= 15 is 0 Å². The number of rotatable bonds is 6. The van der Waals surface area contributed by atoms with E-state index in [1.54, 1.807) is 0 Å². The smallest absolute Gasteiger partial charge is 0.0424 e. The Morgan fingerprint density at radius 2 is 1.83 bits per heavy atom. The van der Waals surface area contributed by atoms with Crippen LogP contribution >= 0.6 is 0 Å². The summed E-state index contributed by atoms with van der Waals surface area (Å²) in [5, 5.41) is 0. The summed E-state index contributed by atoms with van der Waals surface area (Å²) in [6.07, 6.45) is 3.84. The van der Waals surface area contributed by atoms with E-state index in [-0.39, 0.29) is 6.04 Å². The normalized spacial score (nSPS) is 17.4. The topological polar surface area (TPSA) is 29.3 Å². The zero-order valence-electron chi connectivity index (χ0n) is 11.9. The molecule has 0 bridgehead atoms. The number of hydrogen-bond acceptors (Lipinski definition) is 2. The second kappa shape index (κ2) is 5.85. The lowest BCUT2D eigenvalue weighted by Gasteiger charge is -2.21. The maximum absolute atomic E-state index is 6.27. The van der Waals surface area contributed by atoms with Crippen LogP contribution < -0.4 is 5.73 Å². The highest BCUT2D eigenvalue weighted by Gasteiger charge is 2.27. The van der Waals surface area contributed by atoms with Crippen molar-refractivity contribution in [2.45, 2.75) is 45.2 Å². The summed E-state index contributed by atoms with van der Waals surface area (Å²) in [6, 6.07) is 9.78. The van der Waals surface area contributed by atoms with Crippen molar-refractivity contribution in [2.24, 2.45) is 11.7 Å². The molecule has 1 aromatic carbocycles. The minimum Gasteiger partial charge on any atom is -0.323 e. The van der Waals surface area contributed by atoms with Crippen LogP contribution in [0.15, 0.2) is 24.3 Å². The minimum atomic E-state index is 0.142. The summed E-state index contributed by atoms with van der Waals surface area (Å²) in [5.74, 6) is 0.713. The highest BCUT2D eigenvalue weighted by Crippen LogP contribution is 2.26. The fourth-order valence-electron chi connectivity index (χ4n) is 2.45. The van der Waals surface area contributed by atoms with E-state index in [1.807, 2.05) is 0 Å². The van der Waals surface area contributed by atoms with Gasteiger partial charge in [0.25, 0.3) is 0 Å². The largest absolute Gasteiger partial charge is 0.323 e. The van der Waals surface area contributed by atoms with Crippen LogP contribution in [0, 0.1) is 5.92 Å². The molecule has 2 nitrogen and oxygen atoms in total. The first-order chi connectivity index (χ1) is 8.56. The molecule has 2 rings (SSSR count). The molecule has 1 aromatic rings. The van der Waals surface area contributed by atoms with Gasteiger partial charge in [0.2, 0.25) is 0 Å². The third-order valence-electron chi connectivity index (χ3n) is 3.71. The molecule has 1 saturated carbocycles. The summed E-state index contributed by atoms with van der Waals surface area (Å²) in [5.41, 5.74) is 8.94. The molecule has 0 aromatic heterocycles. The maximum atomic E-state index is 6.27. The number of nitrogens with two attached hydrogens (primary N) is 1. The Hall–Kier alpha value is -0.860. The zero-order valence-corrected chi connectivity index (χ0v) is 11.9. The summed E-state index contributed by atoms with van der Waals surface area (Å²) in [4.78, 5) is 2.40. The molecule has 0 aliphatic heterocycles. The van der Waals surface area contributed by atoms with Gasteiger partial charge in [0.05, 0.1) is 0 Å².